The van der Waals surface area contributed by atoms with Crippen LogP contribution in [0.1, 0.15) is 12.8 Å². The highest BCUT2D eigenvalue weighted by atomic mass is 32.2. The van der Waals surface area contributed by atoms with Crippen molar-refractivity contribution in [3.63, 3.8) is 0 Å². The molecule has 3 N–H and O–H groups in total. The molecule has 4 nitrogen and oxygen atoms in total. The van der Waals surface area contributed by atoms with Crippen molar-refractivity contribution in [2.24, 2.45) is 5.73 Å². The quantitative estimate of drug-likeness (QED) is 0.578. The third kappa shape index (κ3) is 2.16. The van der Waals surface area contributed by atoms with Crippen LogP contribution in [0.2, 0.25) is 0 Å². The van der Waals surface area contributed by atoms with Crippen molar-refractivity contribution in [3.05, 3.63) is 12.4 Å². The number of hydrogen-bond acceptors (Lipinski definition) is 5. The van der Waals surface area contributed by atoms with E-state index in [1.807, 2.05) is 12.3 Å². The Kier molecular flexibility index (Phi) is 2.88. The summed E-state index contributed by atoms with van der Waals surface area (Å²) in [5.41, 5.74) is 5.70. The molecule has 0 aliphatic heterocycles. The predicted octanol–water partition coefficient (Wildman–Crippen LogP) is 1.10. The molecule has 0 bridgehead atoms. The third-order valence-corrected chi connectivity index (χ3v) is 3.02. The van der Waals surface area contributed by atoms with Crippen molar-refractivity contribution in [1.29, 1.82) is 0 Å². The summed E-state index contributed by atoms with van der Waals surface area (Å²) in [5, 5.41) is 4.33. The second-order valence-electron chi connectivity index (χ2n) is 3.52. The molecule has 0 amide bonds. The van der Waals surface area contributed by atoms with E-state index in [1.54, 1.807) is 18.1 Å². The molecule has 0 unspecified atom stereocenters. The zero-order valence-corrected chi connectivity index (χ0v) is 8.92. The standard InChI is InChI=1S/C9H14N4S/c1-14-9-4-8(11-5-12-9)13-7-2-6(10)3-7/h4-7H,2-3,10H2,1H3,(H,11,12,13). The first-order valence-electron chi connectivity index (χ1n) is 4.66. The summed E-state index contributed by atoms with van der Waals surface area (Å²) in [6.45, 7) is 0. The molecule has 0 aromatic carbocycles. The maximum Gasteiger partial charge on any atom is 0.130 e. The maximum absolute atomic E-state index is 5.70. The number of aromatic nitrogens is 2. The van der Waals surface area contributed by atoms with Gasteiger partial charge in [0.05, 0.1) is 0 Å². The van der Waals surface area contributed by atoms with Crippen LogP contribution in [0.4, 0.5) is 5.82 Å². The lowest BCUT2D eigenvalue weighted by molar-refractivity contribution is 0.373. The van der Waals surface area contributed by atoms with Gasteiger partial charge < -0.3 is 11.1 Å². The minimum atomic E-state index is 0.370. The summed E-state index contributed by atoms with van der Waals surface area (Å²) in [6, 6.07) is 2.83. The summed E-state index contributed by atoms with van der Waals surface area (Å²) < 4.78 is 0. The zero-order valence-electron chi connectivity index (χ0n) is 8.10. The van der Waals surface area contributed by atoms with E-state index in [0.29, 0.717) is 12.1 Å². The van der Waals surface area contributed by atoms with E-state index < -0.39 is 0 Å². The molecular formula is C9H14N4S. The van der Waals surface area contributed by atoms with E-state index in [2.05, 4.69) is 15.3 Å². The number of nitrogens with two attached hydrogens (primary N) is 1. The summed E-state index contributed by atoms with van der Waals surface area (Å²) >= 11 is 1.62. The van der Waals surface area contributed by atoms with Crippen molar-refractivity contribution in [1.82, 2.24) is 9.97 Å². The van der Waals surface area contributed by atoms with Crippen LogP contribution in [0.3, 0.4) is 0 Å². The first-order chi connectivity index (χ1) is 6.78. The second kappa shape index (κ2) is 4.14. The molecule has 76 valence electrons. The second-order valence-corrected chi connectivity index (χ2v) is 4.34. The third-order valence-electron chi connectivity index (χ3n) is 2.38. The monoisotopic (exact) mass is 210 g/mol. The van der Waals surface area contributed by atoms with E-state index in [1.165, 1.54) is 0 Å². The van der Waals surface area contributed by atoms with E-state index in [9.17, 15) is 0 Å². The normalized spacial score (nSPS) is 25.6. The van der Waals surface area contributed by atoms with Gasteiger partial charge in [0, 0.05) is 18.2 Å². The van der Waals surface area contributed by atoms with E-state index in [4.69, 9.17) is 5.73 Å². The first kappa shape index (κ1) is 9.73. The zero-order chi connectivity index (χ0) is 9.97. The topological polar surface area (TPSA) is 63.8 Å². The average Bonchev–Trinajstić information content (AvgIpc) is 2.16. The number of thioether (sulfide) groups is 1. The Hall–Kier alpha value is -0.810. The lowest BCUT2D eigenvalue weighted by Crippen LogP contribution is -2.44. The molecule has 2 rings (SSSR count). The minimum absolute atomic E-state index is 0.370. The Morgan fingerprint density at radius 2 is 2.29 bits per heavy atom. The minimum Gasteiger partial charge on any atom is -0.367 e. The highest BCUT2D eigenvalue weighted by Crippen LogP contribution is 2.22. The van der Waals surface area contributed by atoms with Gasteiger partial charge in [-0.15, -0.1) is 11.8 Å². The predicted molar refractivity (Wildman–Crippen MR) is 58.4 cm³/mol. The number of nitrogens with one attached hydrogen (secondary N) is 1. The summed E-state index contributed by atoms with van der Waals surface area (Å²) in [7, 11) is 0. The lowest BCUT2D eigenvalue weighted by atomic mass is 9.88. The Labute approximate surface area is 87.7 Å². The van der Waals surface area contributed by atoms with Crippen molar-refractivity contribution in [2.75, 3.05) is 11.6 Å². The molecule has 1 aliphatic carbocycles. The molecule has 0 spiro atoms. The largest absolute Gasteiger partial charge is 0.367 e. The fourth-order valence-corrected chi connectivity index (χ4v) is 1.90. The highest BCUT2D eigenvalue weighted by Gasteiger charge is 2.25. The Morgan fingerprint density at radius 1 is 1.50 bits per heavy atom. The smallest absolute Gasteiger partial charge is 0.130 e. The number of anilines is 1. The maximum atomic E-state index is 5.70. The van der Waals surface area contributed by atoms with Gasteiger partial charge in [-0.2, -0.15) is 0 Å². The average molecular weight is 210 g/mol. The van der Waals surface area contributed by atoms with Crippen LogP contribution < -0.4 is 11.1 Å². The van der Waals surface area contributed by atoms with Gasteiger partial charge in [0.25, 0.3) is 0 Å². The van der Waals surface area contributed by atoms with E-state index in [0.717, 1.165) is 23.7 Å². The molecule has 5 heteroatoms. The molecular weight excluding hydrogens is 196 g/mol. The number of rotatable bonds is 3. The van der Waals surface area contributed by atoms with Crippen LogP contribution in [0.15, 0.2) is 17.4 Å². The van der Waals surface area contributed by atoms with Gasteiger partial charge in [-0.3, -0.25) is 0 Å². The summed E-state index contributed by atoms with van der Waals surface area (Å²) in [5.74, 6) is 0.904. The Bertz CT molecular complexity index is 311. The Morgan fingerprint density at radius 3 is 2.93 bits per heavy atom. The summed E-state index contributed by atoms with van der Waals surface area (Å²) in [4.78, 5) is 8.27. The molecule has 14 heavy (non-hydrogen) atoms. The van der Waals surface area contributed by atoms with Crippen molar-refractivity contribution in [3.8, 4) is 0 Å². The first-order valence-corrected chi connectivity index (χ1v) is 5.88. The Balaban J connectivity index is 1.95. The fourth-order valence-electron chi connectivity index (χ4n) is 1.52. The molecule has 1 heterocycles. The molecule has 0 saturated heterocycles. The summed E-state index contributed by atoms with van der Waals surface area (Å²) in [6.07, 6.45) is 5.68. The molecule has 0 radical (unpaired) electrons. The van der Waals surface area contributed by atoms with Crippen molar-refractivity contribution in [2.45, 2.75) is 30.0 Å². The molecule has 1 saturated carbocycles. The van der Waals surface area contributed by atoms with Gasteiger partial charge in [0.15, 0.2) is 0 Å². The van der Waals surface area contributed by atoms with Crippen LogP contribution in [0.5, 0.6) is 0 Å². The van der Waals surface area contributed by atoms with Gasteiger partial charge in [-0.05, 0) is 19.1 Å². The van der Waals surface area contributed by atoms with Gasteiger partial charge in [0.1, 0.15) is 17.2 Å². The fraction of sp³-hybridized carbons (Fsp3) is 0.556. The molecule has 1 aromatic heterocycles. The van der Waals surface area contributed by atoms with E-state index in [-0.39, 0.29) is 0 Å². The van der Waals surface area contributed by atoms with Crippen LogP contribution in [0.25, 0.3) is 0 Å². The molecule has 0 atom stereocenters. The van der Waals surface area contributed by atoms with Crippen LogP contribution in [-0.4, -0.2) is 28.3 Å². The number of hydrogen-bond donors (Lipinski definition) is 2. The number of nitrogens with zero attached hydrogens (tertiary/aromatic N) is 2. The molecule has 1 fully saturated rings. The van der Waals surface area contributed by atoms with Crippen LogP contribution in [0, 0.1) is 0 Å². The van der Waals surface area contributed by atoms with Gasteiger partial charge in [-0.1, -0.05) is 0 Å². The van der Waals surface area contributed by atoms with Crippen LogP contribution >= 0.6 is 11.8 Å². The van der Waals surface area contributed by atoms with Crippen molar-refractivity contribution < 1.29 is 0 Å². The molecule has 1 aromatic rings. The van der Waals surface area contributed by atoms with Crippen molar-refractivity contribution >= 4 is 17.6 Å². The van der Waals surface area contributed by atoms with Gasteiger partial charge in [0.2, 0.25) is 0 Å². The van der Waals surface area contributed by atoms with E-state index >= 15 is 0 Å². The lowest BCUT2D eigenvalue weighted by Gasteiger charge is -2.33. The van der Waals surface area contributed by atoms with Gasteiger partial charge in [-0.25, -0.2) is 9.97 Å². The SMILES string of the molecule is CSc1cc(NC2CC(N)C2)ncn1. The molecule has 1 aliphatic rings. The van der Waals surface area contributed by atoms with Crippen LogP contribution in [-0.2, 0) is 0 Å². The highest BCUT2D eigenvalue weighted by molar-refractivity contribution is 7.98. The van der Waals surface area contributed by atoms with Gasteiger partial charge >= 0.3 is 0 Å².